The fourth-order valence-electron chi connectivity index (χ4n) is 2.59. The maximum Gasteiger partial charge on any atom is 0.471 e. The van der Waals surface area contributed by atoms with Crippen LogP contribution in [0, 0.1) is 18.3 Å². The van der Waals surface area contributed by atoms with E-state index in [9.17, 15) is 22.8 Å². The molecule has 0 spiro atoms. The second-order valence-corrected chi connectivity index (χ2v) is 6.32. The Balaban J connectivity index is 2.13. The minimum absolute atomic E-state index is 0.0720. The molecular formula is C19H18F3N3O3. The van der Waals surface area contributed by atoms with Crippen LogP contribution in [-0.2, 0) is 22.3 Å². The van der Waals surface area contributed by atoms with Gasteiger partial charge >= 0.3 is 12.1 Å². The molecule has 9 heteroatoms. The second kappa shape index (κ2) is 8.69. The van der Waals surface area contributed by atoms with Crippen LogP contribution < -0.4 is 0 Å². The first-order valence-corrected chi connectivity index (χ1v) is 8.33. The first-order chi connectivity index (χ1) is 13.1. The molecule has 0 N–H and O–H groups in total. The molecule has 0 aliphatic carbocycles. The molecule has 0 bridgehead atoms. The molecule has 148 valence electrons. The Kier molecular flexibility index (Phi) is 6.57. The number of carbonyl (C=O) groups is 2. The zero-order valence-electron chi connectivity index (χ0n) is 15.3. The molecule has 0 fully saturated rings. The normalized spacial score (nSPS) is 12.3. The molecule has 1 heterocycles. The summed E-state index contributed by atoms with van der Waals surface area (Å²) in [5.74, 6) is -0.0301. The van der Waals surface area contributed by atoms with Crippen LogP contribution in [0.1, 0.15) is 31.7 Å². The minimum atomic E-state index is -4.71. The van der Waals surface area contributed by atoms with Gasteiger partial charge in [-0.1, -0.05) is 42.3 Å². The fraction of sp³-hybridized carbons (Fsp3) is 0.368. The van der Waals surface area contributed by atoms with Crippen molar-refractivity contribution in [1.29, 1.82) is 0 Å². The highest BCUT2D eigenvalue weighted by atomic mass is 19.4. The third-order valence-corrected chi connectivity index (χ3v) is 3.86. The lowest BCUT2D eigenvalue weighted by atomic mass is 10.0. The topological polar surface area (TPSA) is 76.3 Å². The van der Waals surface area contributed by atoms with Gasteiger partial charge in [0.15, 0.2) is 0 Å². The van der Waals surface area contributed by atoms with E-state index in [0.717, 1.165) is 0 Å². The zero-order chi connectivity index (χ0) is 20.9. The molecule has 0 saturated carbocycles. The number of carbonyl (C=O) groups excluding carboxylic acids is 2. The number of aromatic nitrogens is 2. The Bertz CT molecular complexity index is 882. The Morgan fingerprint density at radius 3 is 2.43 bits per heavy atom. The van der Waals surface area contributed by atoms with Crippen molar-refractivity contribution in [2.24, 2.45) is 5.92 Å². The molecule has 0 radical (unpaired) electrons. The Morgan fingerprint density at radius 2 is 1.93 bits per heavy atom. The molecule has 1 atom stereocenters. The van der Waals surface area contributed by atoms with Gasteiger partial charge in [0.1, 0.15) is 5.78 Å². The largest absolute Gasteiger partial charge is 0.471 e. The lowest BCUT2D eigenvalue weighted by molar-refractivity contribution is -0.159. The van der Waals surface area contributed by atoms with Crippen LogP contribution in [0.2, 0.25) is 0 Å². The standard InChI is InChI=1S/C19H18F3N3O3/c1-4-9-25(17(27)12(2)10-13(3)26)11-14-5-7-15(8-6-14)16-23-18(28-24-16)19(20,21)22/h1,5-8,12H,9-11H2,2-3H3. The summed E-state index contributed by atoms with van der Waals surface area (Å²) < 4.78 is 41.8. The smallest absolute Gasteiger partial charge is 0.329 e. The van der Waals surface area contributed by atoms with E-state index in [1.807, 2.05) is 0 Å². The summed E-state index contributed by atoms with van der Waals surface area (Å²) in [6.07, 6.45) is 0.743. The molecule has 0 aliphatic rings. The van der Waals surface area contributed by atoms with Gasteiger partial charge in [-0.3, -0.25) is 4.79 Å². The SMILES string of the molecule is C#CCN(Cc1ccc(-c2noc(C(F)(F)F)n2)cc1)C(=O)C(C)CC(C)=O. The van der Waals surface area contributed by atoms with Gasteiger partial charge in [-0.15, -0.1) is 6.42 Å². The average Bonchev–Trinajstić information content (AvgIpc) is 3.11. The minimum Gasteiger partial charge on any atom is -0.329 e. The third-order valence-electron chi connectivity index (χ3n) is 3.86. The number of Topliss-reactive ketones (excluding diaryl/α,β-unsaturated/α-hetero) is 1. The fourth-order valence-corrected chi connectivity index (χ4v) is 2.59. The predicted octanol–water partition coefficient (Wildman–Crippen LogP) is 3.33. The average molecular weight is 393 g/mol. The molecule has 2 rings (SSSR count). The van der Waals surface area contributed by atoms with E-state index >= 15 is 0 Å². The van der Waals surface area contributed by atoms with Gasteiger partial charge in [0.25, 0.3) is 0 Å². The maximum atomic E-state index is 12.5. The number of ketones is 1. The molecule has 1 amide bonds. The van der Waals surface area contributed by atoms with Crippen LogP contribution in [-0.4, -0.2) is 33.3 Å². The molecule has 28 heavy (non-hydrogen) atoms. The summed E-state index contributed by atoms with van der Waals surface area (Å²) in [6.45, 7) is 3.34. The van der Waals surface area contributed by atoms with E-state index in [1.54, 1.807) is 19.1 Å². The summed E-state index contributed by atoms with van der Waals surface area (Å²) in [5.41, 5.74) is 1.05. The van der Waals surface area contributed by atoms with Crippen LogP contribution in [0.3, 0.4) is 0 Å². The summed E-state index contributed by atoms with van der Waals surface area (Å²) in [4.78, 5) is 28.5. The van der Waals surface area contributed by atoms with Crippen molar-refractivity contribution in [3.8, 4) is 23.7 Å². The molecule has 2 aromatic rings. The molecule has 1 aromatic heterocycles. The highest BCUT2D eigenvalue weighted by molar-refractivity contribution is 5.85. The van der Waals surface area contributed by atoms with Gasteiger partial charge in [0.2, 0.25) is 11.7 Å². The maximum absolute atomic E-state index is 12.5. The van der Waals surface area contributed by atoms with E-state index in [0.29, 0.717) is 11.1 Å². The Hall–Kier alpha value is -3.15. The van der Waals surface area contributed by atoms with Gasteiger partial charge in [-0.25, -0.2) is 0 Å². The number of halogens is 3. The van der Waals surface area contributed by atoms with E-state index in [4.69, 9.17) is 6.42 Å². The number of terminal acetylenes is 1. The number of nitrogens with zero attached hydrogens (tertiary/aromatic N) is 3. The molecule has 6 nitrogen and oxygen atoms in total. The van der Waals surface area contributed by atoms with Crippen LogP contribution in [0.4, 0.5) is 13.2 Å². The molecule has 1 unspecified atom stereocenters. The summed E-state index contributed by atoms with van der Waals surface area (Å²) in [5, 5.41) is 3.32. The number of benzene rings is 1. The van der Waals surface area contributed by atoms with Gasteiger partial charge in [0, 0.05) is 24.4 Å². The highest BCUT2D eigenvalue weighted by Crippen LogP contribution is 2.29. The lowest BCUT2D eigenvalue weighted by Crippen LogP contribution is -2.35. The van der Waals surface area contributed by atoms with E-state index < -0.39 is 18.0 Å². The van der Waals surface area contributed by atoms with Crippen molar-refractivity contribution >= 4 is 11.7 Å². The zero-order valence-corrected chi connectivity index (χ0v) is 15.3. The van der Waals surface area contributed by atoms with Gasteiger partial charge in [-0.05, 0) is 12.5 Å². The summed E-state index contributed by atoms with van der Waals surface area (Å²) >= 11 is 0. The van der Waals surface area contributed by atoms with Crippen molar-refractivity contribution < 1.29 is 27.3 Å². The first kappa shape index (κ1) is 21.2. The van der Waals surface area contributed by atoms with Crippen LogP contribution in [0.5, 0.6) is 0 Å². The van der Waals surface area contributed by atoms with Crippen LogP contribution in [0.15, 0.2) is 28.8 Å². The number of amides is 1. The van der Waals surface area contributed by atoms with Crippen molar-refractivity contribution in [1.82, 2.24) is 15.0 Å². The van der Waals surface area contributed by atoms with Gasteiger partial charge < -0.3 is 14.2 Å². The van der Waals surface area contributed by atoms with Crippen molar-refractivity contribution in [2.45, 2.75) is 33.0 Å². The molecule has 1 aromatic carbocycles. The summed E-state index contributed by atoms with van der Waals surface area (Å²) in [7, 11) is 0. The molecular weight excluding hydrogens is 375 g/mol. The summed E-state index contributed by atoms with van der Waals surface area (Å²) in [6, 6.07) is 6.31. The number of hydrogen-bond donors (Lipinski definition) is 0. The van der Waals surface area contributed by atoms with E-state index in [-0.39, 0.29) is 37.0 Å². The van der Waals surface area contributed by atoms with E-state index in [1.165, 1.54) is 24.0 Å². The second-order valence-electron chi connectivity index (χ2n) is 6.32. The predicted molar refractivity (Wildman–Crippen MR) is 93.4 cm³/mol. The van der Waals surface area contributed by atoms with Crippen LogP contribution >= 0.6 is 0 Å². The van der Waals surface area contributed by atoms with Gasteiger partial charge in [0.05, 0.1) is 6.54 Å². The van der Waals surface area contributed by atoms with Gasteiger partial charge in [-0.2, -0.15) is 18.2 Å². The molecule has 0 aliphatic heterocycles. The first-order valence-electron chi connectivity index (χ1n) is 8.33. The van der Waals surface area contributed by atoms with Crippen molar-refractivity contribution in [3.05, 3.63) is 35.7 Å². The third kappa shape index (κ3) is 5.42. The Morgan fingerprint density at radius 1 is 1.29 bits per heavy atom. The van der Waals surface area contributed by atoms with Crippen molar-refractivity contribution in [2.75, 3.05) is 6.54 Å². The van der Waals surface area contributed by atoms with Crippen molar-refractivity contribution in [3.63, 3.8) is 0 Å². The lowest BCUT2D eigenvalue weighted by Gasteiger charge is -2.23. The number of alkyl halides is 3. The highest BCUT2D eigenvalue weighted by Gasteiger charge is 2.38. The van der Waals surface area contributed by atoms with E-state index in [2.05, 4.69) is 20.6 Å². The van der Waals surface area contributed by atoms with Crippen LogP contribution in [0.25, 0.3) is 11.4 Å². The molecule has 0 saturated heterocycles. The number of rotatable bonds is 7. The number of hydrogen-bond acceptors (Lipinski definition) is 5. The Labute approximate surface area is 159 Å². The quantitative estimate of drug-likeness (QED) is 0.675. The monoisotopic (exact) mass is 393 g/mol.